The number of halogens is 3. The molecule has 0 bridgehead atoms. The average Bonchev–Trinajstić information content (AvgIpc) is 2.85. The van der Waals surface area contributed by atoms with Gasteiger partial charge in [0.2, 0.25) is 5.91 Å². The van der Waals surface area contributed by atoms with Gasteiger partial charge in [-0.1, -0.05) is 18.2 Å². The van der Waals surface area contributed by atoms with Gasteiger partial charge in [0, 0.05) is 38.1 Å². The molecule has 6 nitrogen and oxygen atoms in total. The molecule has 0 saturated carbocycles. The van der Waals surface area contributed by atoms with Crippen LogP contribution in [0.15, 0.2) is 48.8 Å². The number of benzene rings is 1. The van der Waals surface area contributed by atoms with Gasteiger partial charge in [0.25, 0.3) is 0 Å². The molecule has 1 saturated heterocycles. The lowest BCUT2D eigenvalue weighted by molar-refractivity contribution is -0.274. The molecule has 0 N–H and O–H groups in total. The number of nitrogens with zero attached hydrogens (tertiary/aromatic N) is 3. The molecule has 9 heteroatoms. The number of hydrogen-bond acceptors (Lipinski definition) is 5. The van der Waals surface area contributed by atoms with Gasteiger partial charge in [-0.15, -0.1) is 13.2 Å². The summed E-state index contributed by atoms with van der Waals surface area (Å²) in [6, 6.07) is 9.46. The summed E-state index contributed by atoms with van der Waals surface area (Å²) in [7, 11) is 0. The fourth-order valence-electron chi connectivity index (χ4n) is 3.49. The number of carbonyl (C=O) groups is 1. The molecule has 1 aromatic carbocycles. The van der Waals surface area contributed by atoms with Crippen LogP contribution >= 0.6 is 0 Å². The zero-order valence-corrected chi connectivity index (χ0v) is 17.5. The van der Waals surface area contributed by atoms with Gasteiger partial charge in [0.15, 0.2) is 0 Å². The summed E-state index contributed by atoms with van der Waals surface area (Å²) < 4.78 is 46.9. The highest BCUT2D eigenvalue weighted by Gasteiger charge is 2.31. The number of rotatable bonds is 7. The molecule has 0 aliphatic carbocycles. The lowest BCUT2D eigenvalue weighted by Gasteiger charge is -2.27. The summed E-state index contributed by atoms with van der Waals surface area (Å²) in [6.45, 7) is 6.02. The molecular formula is C22H26F3N3O3. The lowest BCUT2D eigenvalue weighted by atomic mass is 10.2. The molecule has 168 valence electrons. The summed E-state index contributed by atoms with van der Waals surface area (Å²) in [5.74, 6) is -0.233. The van der Waals surface area contributed by atoms with E-state index in [1.54, 1.807) is 17.3 Å². The fraction of sp³-hybridized carbons (Fsp3) is 0.455. The summed E-state index contributed by atoms with van der Waals surface area (Å²) in [4.78, 5) is 20.7. The molecule has 1 aliphatic rings. The van der Waals surface area contributed by atoms with Crippen LogP contribution in [0.25, 0.3) is 0 Å². The third-order valence-electron chi connectivity index (χ3n) is 4.94. The summed E-state index contributed by atoms with van der Waals surface area (Å²) >= 11 is 0. The Morgan fingerprint density at radius 2 is 1.87 bits per heavy atom. The van der Waals surface area contributed by atoms with Crippen molar-refractivity contribution in [2.45, 2.75) is 45.5 Å². The second-order valence-electron chi connectivity index (χ2n) is 7.80. The SMILES string of the molecule is CC(C)N1C[C@H](OCc2ccc(OC(F)(F)F)cc2)CN(Cc2cccnc2)CC1=O. The van der Waals surface area contributed by atoms with E-state index >= 15 is 0 Å². The second-order valence-corrected chi connectivity index (χ2v) is 7.80. The first kappa shape index (κ1) is 23.0. The molecule has 2 heterocycles. The molecule has 1 aromatic heterocycles. The van der Waals surface area contributed by atoms with Gasteiger partial charge >= 0.3 is 6.36 Å². The molecule has 31 heavy (non-hydrogen) atoms. The molecule has 3 rings (SSSR count). The Morgan fingerprint density at radius 3 is 2.48 bits per heavy atom. The van der Waals surface area contributed by atoms with Crippen LogP contribution in [0.1, 0.15) is 25.0 Å². The highest BCUT2D eigenvalue weighted by Crippen LogP contribution is 2.23. The number of pyridine rings is 1. The Balaban J connectivity index is 1.65. The molecule has 1 atom stereocenters. The van der Waals surface area contributed by atoms with Gasteiger partial charge in [0.05, 0.1) is 19.3 Å². The molecule has 0 spiro atoms. The van der Waals surface area contributed by atoms with Crippen LogP contribution in [0.2, 0.25) is 0 Å². The van der Waals surface area contributed by atoms with Crippen molar-refractivity contribution >= 4 is 5.91 Å². The van der Waals surface area contributed by atoms with Gasteiger partial charge in [-0.05, 0) is 43.2 Å². The molecular weight excluding hydrogens is 411 g/mol. The van der Waals surface area contributed by atoms with Crippen LogP contribution in [-0.4, -0.2) is 58.8 Å². The minimum Gasteiger partial charge on any atom is -0.406 e. The number of amides is 1. The zero-order valence-electron chi connectivity index (χ0n) is 17.5. The quantitative estimate of drug-likeness (QED) is 0.662. The van der Waals surface area contributed by atoms with Crippen molar-refractivity contribution in [1.29, 1.82) is 0 Å². The molecule has 0 radical (unpaired) electrons. The first-order chi connectivity index (χ1) is 14.7. The van der Waals surface area contributed by atoms with E-state index in [9.17, 15) is 18.0 Å². The van der Waals surface area contributed by atoms with E-state index in [4.69, 9.17) is 4.74 Å². The van der Waals surface area contributed by atoms with Crippen molar-refractivity contribution < 1.29 is 27.4 Å². The summed E-state index contributed by atoms with van der Waals surface area (Å²) in [6.07, 6.45) is -1.48. The van der Waals surface area contributed by atoms with Crippen molar-refractivity contribution in [2.75, 3.05) is 19.6 Å². The van der Waals surface area contributed by atoms with Crippen molar-refractivity contribution in [2.24, 2.45) is 0 Å². The molecule has 1 aliphatic heterocycles. The van der Waals surface area contributed by atoms with E-state index < -0.39 is 6.36 Å². The lowest BCUT2D eigenvalue weighted by Crippen LogP contribution is -2.42. The van der Waals surface area contributed by atoms with Gasteiger partial charge < -0.3 is 14.4 Å². The number of aromatic nitrogens is 1. The van der Waals surface area contributed by atoms with Crippen LogP contribution < -0.4 is 4.74 Å². The topological polar surface area (TPSA) is 54.9 Å². The van der Waals surface area contributed by atoms with E-state index in [0.29, 0.717) is 19.6 Å². The van der Waals surface area contributed by atoms with Crippen LogP contribution in [0.3, 0.4) is 0 Å². The Labute approximate surface area is 179 Å². The Kier molecular flexibility index (Phi) is 7.50. The molecule has 1 fully saturated rings. The van der Waals surface area contributed by atoms with E-state index in [1.165, 1.54) is 24.3 Å². The van der Waals surface area contributed by atoms with Crippen LogP contribution in [0.5, 0.6) is 5.75 Å². The number of carbonyl (C=O) groups excluding carboxylic acids is 1. The van der Waals surface area contributed by atoms with Crippen molar-refractivity contribution in [1.82, 2.24) is 14.8 Å². The van der Waals surface area contributed by atoms with Crippen molar-refractivity contribution in [3.05, 3.63) is 59.9 Å². The number of alkyl halides is 3. The third-order valence-corrected chi connectivity index (χ3v) is 4.94. The number of hydrogen-bond donors (Lipinski definition) is 0. The zero-order chi connectivity index (χ0) is 22.4. The van der Waals surface area contributed by atoms with E-state index in [-0.39, 0.29) is 37.0 Å². The number of ether oxygens (including phenoxy) is 2. The first-order valence-corrected chi connectivity index (χ1v) is 10.1. The minimum atomic E-state index is -4.72. The van der Waals surface area contributed by atoms with E-state index in [2.05, 4.69) is 9.72 Å². The first-order valence-electron chi connectivity index (χ1n) is 10.1. The normalized spacial score (nSPS) is 18.3. The largest absolute Gasteiger partial charge is 0.573 e. The van der Waals surface area contributed by atoms with Crippen LogP contribution in [-0.2, 0) is 22.7 Å². The smallest absolute Gasteiger partial charge is 0.406 e. The minimum absolute atomic E-state index is 0.0377. The summed E-state index contributed by atoms with van der Waals surface area (Å²) in [5, 5.41) is 0. The fourth-order valence-corrected chi connectivity index (χ4v) is 3.49. The highest BCUT2D eigenvalue weighted by atomic mass is 19.4. The maximum atomic E-state index is 12.7. The predicted octanol–water partition coefficient (Wildman–Crippen LogP) is 3.62. The van der Waals surface area contributed by atoms with Gasteiger partial charge in [-0.3, -0.25) is 14.7 Å². The molecule has 1 amide bonds. The molecule has 0 unspecified atom stereocenters. The van der Waals surface area contributed by atoms with E-state index in [0.717, 1.165) is 11.1 Å². The average molecular weight is 437 g/mol. The maximum absolute atomic E-state index is 12.7. The highest BCUT2D eigenvalue weighted by molar-refractivity contribution is 5.79. The predicted molar refractivity (Wildman–Crippen MR) is 108 cm³/mol. The van der Waals surface area contributed by atoms with Crippen molar-refractivity contribution in [3.8, 4) is 5.75 Å². The summed E-state index contributed by atoms with van der Waals surface area (Å²) in [5.41, 5.74) is 1.73. The second kappa shape index (κ2) is 10.1. The van der Waals surface area contributed by atoms with Gasteiger partial charge in [-0.25, -0.2) is 0 Å². The Morgan fingerprint density at radius 1 is 1.13 bits per heavy atom. The Bertz CT molecular complexity index is 845. The Hall–Kier alpha value is -2.65. The molecule has 2 aromatic rings. The van der Waals surface area contributed by atoms with Gasteiger partial charge in [-0.2, -0.15) is 0 Å². The standard InChI is InChI=1S/C22H26F3N3O3/c1-16(2)28-13-20(12-27(14-21(28)29)11-18-4-3-9-26-10-18)30-15-17-5-7-19(8-6-17)31-22(23,24)25/h3-10,16,20H,11-15H2,1-2H3/t20-/m1/s1. The van der Waals surface area contributed by atoms with Crippen molar-refractivity contribution in [3.63, 3.8) is 0 Å². The van der Waals surface area contributed by atoms with Crippen LogP contribution in [0, 0.1) is 0 Å². The maximum Gasteiger partial charge on any atom is 0.573 e. The van der Waals surface area contributed by atoms with E-state index in [1.807, 2.05) is 30.9 Å². The van der Waals surface area contributed by atoms with Gasteiger partial charge in [0.1, 0.15) is 5.75 Å². The van der Waals surface area contributed by atoms with Crippen LogP contribution in [0.4, 0.5) is 13.2 Å². The monoisotopic (exact) mass is 437 g/mol. The third kappa shape index (κ3) is 7.22.